The second-order valence-electron chi connectivity index (χ2n) is 3.11. The molecule has 0 radical (unpaired) electrons. The van der Waals surface area contributed by atoms with Gasteiger partial charge in [-0.3, -0.25) is 4.68 Å². The molecular formula is C10H11N3O. The maximum absolute atomic E-state index is 11.5. The molecule has 0 N–H and O–H groups in total. The third kappa shape index (κ3) is 1.25. The highest BCUT2D eigenvalue weighted by Gasteiger charge is 2.06. The Balaban J connectivity index is 2.69. The molecule has 0 aliphatic carbocycles. The van der Waals surface area contributed by atoms with Crippen LogP contribution in [0.25, 0.3) is 5.69 Å². The highest BCUT2D eigenvalue weighted by atomic mass is 16.2. The fourth-order valence-electron chi connectivity index (χ4n) is 1.38. The van der Waals surface area contributed by atoms with Crippen molar-refractivity contribution in [1.29, 1.82) is 0 Å². The molecule has 1 aromatic heterocycles. The second kappa shape index (κ2) is 3.14. The lowest BCUT2D eigenvalue weighted by atomic mass is 10.3. The first-order valence-corrected chi connectivity index (χ1v) is 4.38. The first kappa shape index (κ1) is 8.74. The van der Waals surface area contributed by atoms with E-state index in [1.165, 1.54) is 4.68 Å². The van der Waals surface area contributed by atoms with Crippen molar-refractivity contribution in [3.63, 3.8) is 0 Å². The highest BCUT2D eigenvalue weighted by Crippen LogP contribution is 2.03. The van der Waals surface area contributed by atoms with Gasteiger partial charge < -0.3 is 0 Å². The summed E-state index contributed by atoms with van der Waals surface area (Å²) in [5.41, 5.74) is 0.594. The summed E-state index contributed by atoms with van der Waals surface area (Å²) in [4.78, 5) is 15.3. The third-order valence-corrected chi connectivity index (χ3v) is 2.21. The maximum Gasteiger partial charge on any atom is 0.368 e. The average molecular weight is 189 g/mol. The van der Waals surface area contributed by atoms with Crippen LogP contribution in [-0.2, 0) is 7.05 Å². The molecule has 0 saturated heterocycles. The van der Waals surface area contributed by atoms with Gasteiger partial charge in [0.15, 0.2) is 0 Å². The lowest BCUT2D eigenvalue weighted by Gasteiger charge is -2.05. The SMILES string of the molecule is Cc1nc(=O)n(-c2ccccc2)n1C. The van der Waals surface area contributed by atoms with Gasteiger partial charge in [0.05, 0.1) is 5.69 Å². The fraction of sp³-hybridized carbons (Fsp3) is 0.200. The van der Waals surface area contributed by atoms with Gasteiger partial charge in [-0.2, -0.15) is 9.67 Å². The molecule has 2 aromatic rings. The molecule has 1 heterocycles. The summed E-state index contributed by atoms with van der Waals surface area (Å²) in [7, 11) is 1.82. The van der Waals surface area contributed by atoms with Crippen LogP contribution in [0.5, 0.6) is 0 Å². The lowest BCUT2D eigenvalue weighted by Crippen LogP contribution is -2.20. The summed E-state index contributed by atoms with van der Waals surface area (Å²) in [6.07, 6.45) is 0. The van der Waals surface area contributed by atoms with Crippen molar-refractivity contribution in [2.24, 2.45) is 7.05 Å². The summed E-state index contributed by atoms with van der Waals surface area (Å²) in [5, 5.41) is 0. The number of aromatic nitrogens is 3. The second-order valence-corrected chi connectivity index (χ2v) is 3.11. The van der Waals surface area contributed by atoms with Crippen LogP contribution in [0, 0.1) is 6.92 Å². The van der Waals surface area contributed by atoms with Crippen molar-refractivity contribution >= 4 is 0 Å². The smallest absolute Gasteiger partial charge is 0.266 e. The lowest BCUT2D eigenvalue weighted by molar-refractivity contribution is 0.630. The number of nitrogens with zero attached hydrogens (tertiary/aromatic N) is 3. The summed E-state index contributed by atoms with van der Waals surface area (Å²) < 4.78 is 3.27. The summed E-state index contributed by atoms with van der Waals surface area (Å²) >= 11 is 0. The maximum atomic E-state index is 11.5. The minimum atomic E-state index is -0.240. The predicted molar refractivity (Wildman–Crippen MR) is 53.5 cm³/mol. The molecule has 0 amide bonds. The Labute approximate surface area is 81.4 Å². The van der Waals surface area contributed by atoms with Gasteiger partial charge in [0.1, 0.15) is 5.82 Å². The first-order chi connectivity index (χ1) is 6.70. The van der Waals surface area contributed by atoms with Crippen molar-refractivity contribution in [3.8, 4) is 5.69 Å². The van der Waals surface area contributed by atoms with Crippen LogP contribution in [0.1, 0.15) is 5.82 Å². The van der Waals surface area contributed by atoms with Gasteiger partial charge in [-0.05, 0) is 19.1 Å². The molecular weight excluding hydrogens is 178 g/mol. The zero-order chi connectivity index (χ0) is 10.1. The minimum Gasteiger partial charge on any atom is -0.266 e. The number of hydrogen-bond acceptors (Lipinski definition) is 2. The molecule has 72 valence electrons. The molecule has 1 aromatic carbocycles. The Kier molecular flexibility index (Phi) is 1.96. The van der Waals surface area contributed by atoms with Crippen LogP contribution in [0.2, 0.25) is 0 Å². The zero-order valence-electron chi connectivity index (χ0n) is 8.14. The van der Waals surface area contributed by atoms with Gasteiger partial charge in [0, 0.05) is 7.05 Å². The molecule has 0 bridgehead atoms. The number of rotatable bonds is 1. The van der Waals surface area contributed by atoms with Crippen LogP contribution in [-0.4, -0.2) is 14.3 Å². The predicted octanol–water partition coefficient (Wildman–Crippen LogP) is 0.879. The Hall–Kier alpha value is -1.84. The van der Waals surface area contributed by atoms with Gasteiger partial charge >= 0.3 is 5.69 Å². The molecule has 0 atom stereocenters. The van der Waals surface area contributed by atoms with E-state index in [0.29, 0.717) is 5.82 Å². The largest absolute Gasteiger partial charge is 0.368 e. The summed E-state index contributed by atoms with van der Waals surface area (Å²) in [6.45, 7) is 1.81. The van der Waals surface area contributed by atoms with Crippen LogP contribution in [0.15, 0.2) is 35.1 Å². The van der Waals surface area contributed by atoms with E-state index >= 15 is 0 Å². The van der Waals surface area contributed by atoms with Crippen LogP contribution >= 0.6 is 0 Å². The van der Waals surface area contributed by atoms with Crippen molar-refractivity contribution < 1.29 is 0 Å². The molecule has 2 rings (SSSR count). The normalized spacial score (nSPS) is 10.4. The molecule has 4 nitrogen and oxygen atoms in total. The Bertz CT molecular complexity index is 496. The molecule has 4 heteroatoms. The Morgan fingerprint density at radius 2 is 1.86 bits per heavy atom. The average Bonchev–Trinajstić information content (AvgIpc) is 2.43. The Morgan fingerprint density at radius 1 is 1.21 bits per heavy atom. The highest BCUT2D eigenvalue weighted by molar-refractivity contribution is 5.29. The van der Waals surface area contributed by atoms with Crippen LogP contribution < -0.4 is 5.69 Å². The molecule has 0 fully saturated rings. The van der Waals surface area contributed by atoms with Crippen LogP contribution in [0.3, 0.4) is 0 Å². The van der Waals surface area contributed by atoms with E-state index in [9.17, 15) is 4.79 Å². The van der Waals surface area contributed by atoms with Gasteiger partial charge in [0.25, 0.3) is 0 Å². The molecule has 0 saturated carbocycles. The van der Waals surface area contributed by atoms with Crippen molar-refractivity contribution in [3.05, 3.63) is 46.6 Å². The quantitative estimate of drug-likeness (QED) is 0.668. The van der Waals surface area contributed by atoms with E-state index in [1.54, 1.807) is 11.6 Å². The standard InChI is InChI=1S/C10H11N3O/c1-8-11-10(14)13(12(8)2)9-6-4-3-5-7-9/h3-7H,1-2H3. The number of aryl methyl sites for hydroxylation is 1. The molecule has 14 heavy (non-hydrogen) atoms. The third-order valence-electron chi connectivity index (χ3n) is 2.21. The topological polar surface area (TPSA) is 39.8 Å². The molecule has 0 aliphatic rings. The monoisotopic (exact) mass is 189 g/mol. The van der Waals surface area contributed by atoms with E-state index in [4.69, 9.17) is 0 Å². The number of benzene rings is 1. The Morgan fingerprint density at radius 3 is 2.36 bits per heavy atom. The van der Waals surface area contributed by atoms with Crippen molar-refractivity contribution in [2.75, 3.05) is 0 Å². The van der Waals surface area contributed by atoms with E-state index in [1.807, 2.05) is 37.4 Å². The van der Waals surface area contributed by atoms with Gasteiger partial charge in [0.2, 0.25) is 0 Å². The van der Waals surface area contributed by atoms with E-state index in [0.717, 1.165) is 5.69 Å². The summed E-state index contributed by atoms with van der Waals surface area (Å²) in [6, 6.07) is 9.46. The minimum absolute atomic E-state index is 0.240. The van der Waals surface area contributed by atoms with Crippen LogP contribution in [0.4, 0.5) is 0 Å². The number of para-hydroxylation sites is 1. The molecule has 0 aliphatic heterocycles. The van der Waals surface area contributed by atoms with E-state index < -0.39 is 0 Å². The van der Waals surface area contributed by atoms with Crippen molar-refractivity contribution in [2.45, 2.75) is 6.92 Å². The summed E-state index contributed by atoms with van der Waals surface area (Å²) in [5.74, 6) is 0.707. The molecule has 0 unspecified atom stereocenters. The van der Waals surface area contributed by atoms with Gasteiger partial charge in [-0.15, -0.1) is 0 Å². The fourth-order valence-corrected chi connectivity index (χ4v) is 1.38. The van der Waals surface area contributed by atoms with Gasteiger partial charge in [-0.1, -0.05) is 18.2 Å². The van der Waals surface area contributed by atoms with E-state index in [2.05, 4.69) is 4.98 Å². The zero-order valence-corrected chi connectivity index (χ0v) is 8.14. The first-order valence-electron chi connectivity index (χ1n) is 4.38. The number of hydrogen-bond donors (Lipinski definition) is 0. The molecule has 0 spiro atoms. The van der Waals surface area contributed by atoms with Crippen molar-refractivity contribution in [1.82, 2.24) is 14.3 Å². The van der Waals surface area contributed by atoms with Gasteiger partial charge in [-0.25, -0.2) is 4.79 Å². The van der Waals surface area contributed by atoms with E-state index in [-0.39, 0.29) is 5.69 Å².